The smallest absolute Gasteiger partial charge is 0.269 e. The average molecular weight is 462 g/mol. The van der Waals surface area contributed by atoms with Crippen LogP contribution in [0.3, 0.4) is 0 Å². The molecule has 1 atom stereocenters. The molecule has 2 aromatic carbocycles. The largest absolute Gasteiger partial charge is 0.369 e. The number of nitro groups is 1. The Morgan fingerprint density at radius 1 is 0.970 bits per heavy atom. The number of benzene rings is 2. The summed E-state index contributed by atoms with van der Waals surface area (Å²) in [5, 5.41) is 25.8. The van der Waals surface area contributed by atoms with Crippen LogP contribution in [0, 0.1) is 10.1 Å². The van der Waals surface area contributed by atoms with Crippen LogP contribution in [0.25, 0.3) is 0 Å². The topological polar surface area (TPSA) is 93.2 Å². The molecule has 1 aliphatic heterocycles. The van der Waals surface area contributed by atoms with Gasteiger partial charge in [0, 0.05) is 48.9 Å². The Morgan fingerprint density at radius 2 is 1.73 bits per heavy atom. The van der Waals surface area contributed by atoms with Gasteiger partial charge in [0.25, 0.3) is 5.69 Å². The standard InChI is InChI=1S/C23H23N7O2S/c31-30(32)20-10-8-19(9-11-20)27-12-14-28(15-13-27)22(21-7-4-16-33-21)23-24-25-26-29(23)17-18-5-2-1-3-6-18/h1-11,16,22H,12-15,17H2/t22-/m0/s1. The molecule has 10 heteroatoms. The molecule has 168 valence electrons. The second-order valence-corrected chi connectivity index (χ2v) is 8.87. The molecule has 2 aromatic heterocycles. The Hall–Kier alpha value is -3.63. The zero-order valence-electron chi connectivity index (χ0n) is 17.9. The minimum Gasteiger partial charge on any atom is -0.369 e. The van der Waals surface area contributed by atoms with E-state index in [1.165, 1.54) is 4.88 Å². The number of thiophene rings is 1. The third-order valence-electron chi connectivity index (χ3n) is 5.90. The Morgan fingerprint density at radius 3 is 2.39 bits per heavy atom. The van der Waals surface area contributed by atoms with E-state index >= 15 is 0 Å². The molecule has 0 bridgehead atoms. The summed E-state index contributed by atoms with van der Waals surface area (Å²) < 4.78 is 1.89. The maximum absolute atomic E-state index is 10.9. The van der Waals surface area contributed by atoms with E-state index in [1.807, 2.05) is 35.0 Å². The van der Waals surface area contributed by atoms with Crippen LogP contribution in [0.1, 0.15) is 22.3 Å². The predicted octanol–water partition coefficient (Wildman–Crippen LogP) is 3.60. The first-order valence-electron chi connectivity index (χ1n) is 10.8. The zero-order chi connectivity index (χ0) is 22.6. The van der Waals surface area contributed by atoms with Crippen molar-refractivity contribution in [3.63, 3.8) is 0 Å². The number of anilines is 1. The first-order chi connectivity index (χ1) is 16.2. The summed E-state index contributed by atoms with van der Waals surface area (Å²) >= 11 is 1.71. The monoisotopic (exact) mass is 461 g/mol. The molecule has 0 spiro atoms. The molecule has 33 heavy (non-hydrogen) atoms. The summed E-state index contributed by atoms with van der Waals surface area (Å²) in [4.78, 5) is 16.5. The summed E-state index contributed by atoms with van der Waals surface area (Å²) in [7, 11) is 0. The lowest BCUT2D eigenvalue weighted by Crippen LogP contribution is -2.48. The van der Waals surface area contributed by atoms with Gasteiger partial charge in [-0.25, -0.2) is 4.68 Å². The van der Waals surface area contributed by atoms with Crippen LogP contribution in [-0.4, -0.2) is 56.2 Å². The van der Waals surface area contributed by atoms with Crippen molar-refractivity contribution in [3.05, 3.63) is 98.5 Å². The summed E-state index contributed by atoms with van der Waals surface area (Å²) in [6.45, 7) is 3.92. The first-order valence-corrected chi connectivity index (χ1v) is 11.6. The number of hydrogen-bond donors (Lipinski definition) is 0. The van der Waals surface area contributed by atoms with Gasteiger partial charge in [-0.1, -0.05) is 36.4 Å². The highest BCUT2D eigenvalue weighted by Crippen LogP contribution is 2.32. The molecule has 1 aliphatic rings. The molecule has 0 aliphatic carbocycles. The van der Waals surface area contributed by atoms with E-state index in [4.69, 9.17) is 0 Å². The van der Waals surface area contributed by atoms with Crippen LogP contribution in [0.15, 0.2) is 72.1 Å². The quantitative estimate of drug-likeness (QED) is 0.307. The molecule has 0 radical (unpaired) electrons. The van der Waals surface area contributed by atoms with Gasteiger partial charge in [-0.2, -0.15) is 0 Å². The summed E-state index contributed by atoms with van der Waals surface area (Å²) in [5.41, 5.74) is 2.27. The maximum atomic E-state index is 10.9. The van der Waals surface area contributed by atoms with E-state index < -0.39 is 0 Å². The molecule has 0 saturated carbocycles. The van der Waals surface area contributed by atoms with Gasteiger partial charge in [0.05, 0.1) is 11.5 Å². The highest BCUT2D eigenvalue weighted by atomic mass is 32.1. The van der Waals surface area contributed by atoms with E-state index in [0.29, 0.717) is 6.54 Å². The van der Waals surface area contributed by atoms with Crippen LogP contribution >= 0.6 is 11.3 Å². The maximum Gasteiger partial charge on any atom is 0.269 e. The summed E-state index contributed by atoms with van der Waals surface area (Å²) in [5.74, 6) is 0.838. The number of rotatable bonds is 7. The molecule has 3 heterocycles. The molecule has 4 aromatic rings. The number of non-ortho nitro benzene ring substituents is 1. The molecule has 0 N–H and O–H groups in total. The SMILES string of the molecule is O=[N+]([O-])c1ccc(N2CCN([C@@H](c3cccs3)c3nnnn3Cc3ccccc3)CC2)cc1. The van der Waals surface area contributed by atoms with Gasteiger partial charge in [-0.15, -0.1) is 16.4 Å². The summed E-state index contributed by atoms with van der Waals surface area (Å²) in [6, 6.07) is 21.2. The first kappa shape index (κ1) is 21.2. The Balaban J connectivity index is 1.35. The molecule has 0 unspecified atom stereocenters. The fourth-order valence-corrected chi connectivity index (χ4v) is 5.07. The number of tetrazole rings is 1. The van der Waals surface area contributed by atoms with Crippen molar-refractivity contribution in [3.8, 4) is 0 Å². The van der Waals surface area contributed by atoms with Crippen LogP contribution in [0.5, 0.6) is 0 Å². The Kier molecular flexibility index (Phi) is 6.09. The van der Waals surface area contributed by atoms with Gasteiger partial charge in [0.1, 0.15) is 6.04 Å². The normalized spacial score (nSPS) is 15.5. The molecule has 1 fully saturated rings. The molecular weight excluding hydrogens is 438 g/mol. The molecule has 5 rings (SSSR count). The third-order valence-corrected chi connectivity index (χ3v) is 6.82. The van der Waals surface area contributed by atoms with E-state index in [0.717, 1.165) is 43.3 Å². The number of aromatic nitrogens is 4. The van der Waals surface area contributed by atoms with Crippen LogP contribution in [0.2, 0.25) is 0 Å². The zero-order valence-corrected chi connectivity index (χ0v) is 18.7. The molecule has 0 amide bonds. The minimum absolute atomic E-state index is 0.0253. The molecule has 9 nitrogen and oxygen atoms in total. The fourth-order valence-electron chi connectivity index (χ4n) is 4.22. The van der Waals surface area contributed by atoms with Gasteiger partial charge in [0.15, 0.2) is 5.82 Å². The van der Waals surface area contributed by atoms with Crippen molar-refractivity contribution < 1.29 is 4.92 Å². The highest BCUT2D eigenvalue weighted by Gasteiger charge is 2.31. The number of nitrogens with zero attached hydrogens (tertiary/aromatic N) is 7. The van der Waals surface area contributed by atoms with Gasteiger partial charge in [-0.05, 0) is 39.6 Å². The molecular formula is C23H23N7O2S. The third kappa shape index (κ3) is 4.62. The second kappa shape index (κ2) is 9.47. The van der Waals surface area contributed by atoms with E-state index in [9.17, 15) is 10.1 Å². The van der Waals surface area contributed by atoms with Crippen molar-refractivity contribution in [2.75, 3.05) is 31.1 Å². The van der Waals surface area contributed by atoms with Crippen molar-refractivity contribution in [2.24, 2.45) is 0 Å². The van der Waals surface area contributed by atoms with Crippen molar-refractivity contribution in [1.82, 2.24) is 25.1 Å². The number of piperazine rings is 1. The minimum atomic E-state index is -0.368. The summed E-state index contributed by atoms with van der Waals surface area (Å²) in [6.07, 6.45) is 0. The van der Waals surface area contributed by atoms with Gasteiger partial charge in [0.2, 0.25) is 0 Å². The molecule has 1 saturated heterocycles. The Labute approximate surface area is 195 Å². The van der Waals surface area contributed by atoms with Crippen LogP contribution in [0.4, 0.5) is 11.4 Å². The van der Waals surface area contributed by atoms with E-state index in [-0.39, 0.29) is 16.7 Å². The van der Waals surface area contributed by atoms with Crippen molar-refractivity contribution >= 4 is 22.7 Å². The van der Waals surface area contributed by atoms with E-state index in [2.05, 4.69) is 55.0 Å². The fraction of sp³-hybridized carbons (Fsp3) is 0.261. The lowest BCUT2D eigenvalue weighted by molar-refractivity contribution is -0.384. The number of hydrogen-bond acceptors (Lipinski definition) is 8. The highest BCUT2D eigenvalue weighted by molar-refractivity contribution is 7.10. The lowest BCUT2D eigenvalue weighted by atomic mass is 10.1. The van der Waals surface area contributed by atoms with Gasteiger partial charge in [-0.3, -0.25) is 15.0 Å². The van der Waals surface area contributed by atoms with Crippen molar-refractivity contribution in [1.29, 1.82) is 0 Å². The van der Waals surface area contributed by atoms with Gasteiger partial charge < -0.3 is 4.90 Å². The Bertz CT molecular complexity index is 1190. The number of nitro benzene ring substituents is 1. The predicted molar refractivity (Wildman–Crippen MR) is 126 cm³/mol. The second-order valence-electron chi connectivity index (χ2n) is 7.89. The van der Waals surface area contributed by atoms with Gasteiger partial charge >= 0.3 is 0 Å². The average Bonchev–Trinajstić information content (AvgIpc) is 3.54. The van der Waals surface area contributed by atoms with Crippen molar-refractivity contribution in [2.45, 2.75) is 12.6 Å². The lowest BCUT2D eigenvalue weighted by Gasteiger charge is -2.39. The van der Waals surface area contributed by atoms with Crippen LogP contribution < -0.4 is 4.90 Å². The van der Waals surface area contributed by atoms with Crippen LogP contribution in [-0.2, 0) is 6.54 Å². The van der Waals surface area contributed by atoms with E-state index in [1.54, 1.807) is 23.5 Å².